The molecular formula is C21H16ClN3O2S. The van der Waals surface area contributed by atoms with Crippen LogP contribution in [0.4, 0.5) is 0 Å². The second-order valence-corrected chi connectivity index (χ2v) is 7.85. The van der Waals surface area contributed by atoms with Crippen molar-refractivity contribution in [3.63, 3.8) is 0 Å². The van der Waals surface area contributed by atoms with Gasteiger partial charge in [-0.3, -0.25) is 14.2 Å². The number of rotatable bonds is 5. The Hall–Kier alpha value is -3.09. The minimum Gasteiger partial charge on any atom is -0.347 e. The minimum absolute atomic E-state index is 0.0683. The fraction of sp³-hybridized carbons (Fsp3) is 0.0476. The number of carbonyl (C=O) groups is 1. The van der Waals surface area contributed by atoms with E-state index in [9.17, 15) is 9.59 Å². The fourth-order valence-electron chi connectivity index (χ4n) is 2.84. The van der Waals surface area contributed by atoms with E-state index in [4.69, 9.17) is 11.6 Å². The molecule has 0 unspecified atom stereocenters. The molecule has 0 aliphatic heterocycles. The first-order valence-electron chi connectivity index (χ1n) is 8.59. The smallest absolute Gasteiger partial charge is 0.261 e. The normalized spacial score (nSPS) is 10.8. The third-order valence-corrected chi connectivity index (χ3v) is 5.48. The number of aromatic nitrogens is 2. The number of halogens is 1. The van der Waals surface area contributed by atoms with Gasteiger partial charge in [0.15, 0.2) is 0 Å². The molecule has 0 fully saturated rings. The lowest BCUT2D eigenvalue weighted by Crippen LogP contribution is -2.21. The van der Waals surface area contributed by atoms with Gasteiger partial charge in [0.05, 0.1) is 9.21 Å². The van der Waals surface area contributed by atoms with E-state index >= 15 is 0 Å². The summed E-state index contributed by atoms with van der Waals surface area (Å²) in [6, 6.07) is 18.2. The molecular weight excluding hydrogens is 394 g/mol. The van der Waals surface area contributed by atoms with Crippen molar-refractivity contribution < 1.29 is 4.79 Å². The SMILES string of the molecule is O=C(NCc1ccn(-c2ccc(-n3ccccc3=O)cc2)c1)c1ccc(Cl)s1. The van der Waals surface area contributed by atoms with E-state index in [1.54, 1.807) is 29.0 Å². The van der Waals surface area contributed by atoms with Crippen molar-refractivity contribution in [3.8, 4) is 11.4 Å². The predicted molar refractivity (Wildman–Crippen MR) is 112 cm³/mol. The maximum atomic E-state index is 12.1. The Morgan fingerprint density at radius 2 is 1.75 bits per heavy atom. The Morgan fingerprint density at radius 3 is 2.46 bits per heavy atom. The molecule has 5 nitrogen and oxygen atoms in total. The molecule has 3 heterocycles. The molecule has 28 heavy (non-hydrogen) atoms. The molecule has 0 radical (unpaired) electrons. The Bertz CT molecular complexity index is 1170. The first-order chi connectivity index (χ1) is 13.6. The zero-order chi connectivity index (χ0) is 19.5. The molecule has 4 rings (SSSR count). The fourth-order valence-corrected chi connectivity index (χ4v) is 3.80. The summed E-state index contributed by atoms with van der Waals surface area (Å²) in [5.74, 6) is -0.137. The number of carbonyl (C=O) groups excluding carboxylic acids is 1. The first-order valence-corrected chi connectivity index (χ1v) is 9.78. The van der Waals surface area contributed by atoms with Crippen LogP contribution in [0.3, 0.4) is 0 Å². The molecule has 4 aromatic rings. The highest BCUT2D eigenvalue weighted by Gasteiger charge is 2.09. The van der Waals surface area contributed by atoms with Gasteiger partial charge in [0.25, 0.3) is 11.5 Å². The van der Waals surface area contributed by atoms with Crippen LogP contribution in [-0.4, -0.2) is 15.0 Å². The molecule has 140 valence electrons. The molecule has 0 aliphatic rings. The van der Waals surface area contributed by atoms with Crippen LogP contribution < -0.4 is 10.9 Å². The number of nitrogens with zero attached hydrogens (tertiary/aromatic N) is 2. The van der Waals surface area contributed by atoms with E-state index < -0.39 is 0 Å². The summed E-state index contributed by atoms with van der Waals surface area (Å²) >= 11 is 7.13. The third kappa shape index (κ3) is 3.93. The number of thiophene rings is 1. The summed E-state index contributed by atoms with van der Waals surface area (Å²) in [6.45, 7) is 0.429. The lowest BCUT2D eigenvalue weighted by atomic mass is 10.2. The van der Waals surface area contributed by atoms with Gasteiger partial charge in [0.2, 0.25) is 0 Å². The van der Waals surface area contributed by atoms with Crippen molar-refractivity contribution in [1.29, 1.82) is 0 Å². The van der Waals surface area contributed by atoms with Gasteiger partial charge in [-0.15, -0.1) is 11.3 Å². The van der Waals surface area contributed by atoms with Crippen LogP contribution in [0.25, 0.3) is 11.4 Å². The molecule has 0 spiro atoms. The van der Waals surface area contributed by atoms with Gasteiger partial charge in [0.1, 0.15) is 0 Å². The van der Waals surface area contributed by atoms with Gasteiger partial charge in [-0.25, -0.2) is 0 Å². The lowest BCUT2D eigenvalue weighted by Gasteiger charge is -2.07. The Kier molecular flexibility index (Phi) is 5.14. The molecule has 7 heteroatoms. The number of hydrogen-bond acceptors (Lipinski definition) is 3. The van der Waals surface area contributed by atoms with Crippen LogP contribution in [0.5, 0.6) is 0 Å². The highest BCUT2D eigenvalue weighted by Crippen LogP contribution is 2.21. The Morgan fingerprint density at radius 1 is 0.964 bits per heavy atom. The topological polar surface area (TPSA) is 56.0 Å². The highest BCUT2D eigenvalue weighted by molar-refractivity contribution is 7.17. The average Bonchev–Trinajstić information content (AvgIpc) is 3.36. The summed E-state index contributed by atoms with van der Waals surface area (Å²) in [4.78, 5) is 24.6. The van der Waals surface area contributed by atoms with Crippen molar-refractivity contribution >= 4 is 28.8 Å². The van der Waals surface area contributed by atoms with Crippen LogP contribution in [0.1, 0.15) is 15.2 Å². The van der Waals surface area contributed by atoms with Gasteiger partial charge in [-0.05, 0) is 54.1 Å². The number of nitrogens with one attached hydrogen (secondary N) is 1. The second kappa shape index (κ2) is 7.88. The van der Waals surface area contributed by atoms with E-state index in [2.05, 4.69) is 5.32 Å². The van der Waals surface area contributed by atoms with Crippen LogP contribution in [0.15, 0.2) is 84.0 Å². The zero-order valence-corrected chi connectivity index (χ0v) is 16.3. The monoisotopic (exact) mass is 409 g/mol. The molecule has 0 bridgehead atoms. The summed E-state index contributed by atoms with van der Waals surface area (Å²) in [7, 11) is 0. The van der Waals surface area contributed by atoms with Crippen molar-refractivity contribution in [2.75, 3.05) is 0 Å². The van der Waals surface area contributed by atoms with E-state index in [1.807, 2.05) is 53.4 Å². The molecule has 1 aromatic carbocycles. The maximum Gasteiger partial charge on any atom is 0.261 e. The summed E-state index contributed by atoms with van der Waals surface area (Å²) in [5, 5.41) is 2.89. The van der Waals surface area contributed by atoms with E-state index in [0.29, 0.717) is 15.8 Å². The average molecular weight is 410 g/mol. The van der Waals surface area contributed by atoms with Crippen LogP contribution in [0, 0.1) is 0 Å². The zero-order valence-electron chi connectivity index (χ0n) is 14.7. The van der Waals surface area contributed by atoms with Crippen LogP contribution in [-0.2, 0) is 6.54 Å². The van der Waals surface area contributed by atoms with Crippen molar-refractivity contribution in [2.45, 2.75) is 6.54 Å². The minimum atomic E-state index is -0.137. The van der Waals surface area contributed by atoms with E-state index in [-0.39, 0.29) is 11.5 Å². The first kappa shape index (κ1) is 18.3. The quantitative estimate of drug-likeness (QED) is 0.535. The Balaban J connectivity index is 1.45. The standard InChI is InChI=1S/C21H16ClN3O2S/c22-19-9-8-18(28-19)21(27)23-13-15-10-12-24(14-15)16-4-6-17(7-5-16)25-11-2-1-3-20(25)26/h1-12,14H,13H2,(H,23,27). The van der Waals surface area contributed by atoms with Crippen LogP contribution >= 0.6 is 22.9 Å². The largest absolute Gasteiger partial charge is 0.347 e. The van der Waals surface area contributed by atoms with Gasteiger partial charge < -0.3 is 9.88 Å². The van der Waals surface area contributed by atoms with Gasteiger partial charge >= 0.3 is 0 Å². The number of hydrogen-bond donors (Lipinski definition) is 1. The Labute approximate surface area is 170 Å². The number of amides is 1. The molecule has 0 saturated heterocycles. The van der Waals surface area contributed by atoms with Crippen LogP contribution in [0.2, 0.25) is 4.34 Å². The molecule has 1 amide bonds. The highest BCUT2D eigenvalue weighted by atomic mass is 35.5. The number of benzene rings is 1. The third-order valence-electron chi connectivity index (χ3n) is 4.25. The lowest BCUT2D eigenvalue weighted by molar-refractivity contribution is 0.0955. The van der Waals surface area contributed by atoms with Crippen molar-refractivity contribution in [3.05, 3.63) is 104 Å². The molecule has 0 saturated carbocycles. The van der Waals surface area contributed by atoms with Gasteiger partial charge in [-0.1, -0.05) is 17.7 Å². The van der Waals surface area contributed by atoms with E-state index in [0.717, 1.165) is 16.9 Å². The molecule has 1 N–H and O–H groups in total. The predicted octanol–water partition coefficient (Wildman–Crippen LogP) is 4.27. The summed E-state index contributed by atoms with van der Waals surface area (Å²) in [6.07, 6.45) is 5.65. The van der Waals surface area contributed by atoms with Gasteiger partial charge in [-0.2, -0.15) is 0 Å². The molecule has 0 aliphatic carbocycles. The summed E-state index contributed by atoms with van der Waals surface area (Å²) in [5.41, 5.74) is 2.69. The van der Waals surface area contributed by atoms with Crippen molar-refractivity contribution in [2.24, 2.45) is 0 Å². The van der Waals surface area contributed by atoms with Gasteiger partial charge in [0, 0.05) is 42.6 Å². The second-order valence-electron chi connectivity index (χ2n) is 6.14. The molecule has 3 aromatic heterocycles. The van der Waals surface area contributed by atoms with E-state index in [1.165, 1.54) is 17.4 Å². The molecule has 0 atom stereocenters. The van der Waals surface area contributed by atoms with Crippen molar-refractivity contribution in [1.82, 2.24) is 14.5 Å². The summed E-state index contributed by atoms with van der Waals surface area (Å²) < 4.78 is 4.16. The maximum absolute atomic E-state index is 12.1. The number of pyridine rings is 1.